The SMILES string of the molecule is CCCCOc1ccc(C2(c3ccc(OCCCC)cc3)C=Cc3c(ccc4ccccc34)O2)cc1. The molecule has 0 aliphatic carbocycles. The molecule has 0 saturated carbocycles. The quantitative estimate of drug-likeness (QED) is 0.214. The monoisotopic (exact) mass is 478 g/mol. The van der Waals surface area contributed by atoms with E-state index in [-0.39, 0.29) is 0 Å². The zero-order valence-electron chi connectivity index (χ0n) is 21.2. The molecule has 0 saturated heterocycles. The van der Waals surface area contributed by atoms with Crippen molar-refractivity contribution in [3.63, 3.8) is 0 Å². The largest absolute Gasteiger partial charge is 0.494 e. The predicted octanol–water partition coefficient (Wildman–Crippen LogP) is 8.55. The van der Waals surface area contributed by atoms with Crippen LogP contribution in [0.25, 0.3) is 16.8 Å². The molecule has 0 bridgehead atoms. The summed E-state index contributed by atoms with van der Waals surface area (Å²) >= 11 is 0. The molecule has 0 atom stereocenters. The minimum Gasteiger partial charge on any atom is -0.494 e. The summed E-state index contributed by atoms with van der Waals surface area (Å²) in [5.74, 6) is 2.64. The molecule has 1 heterocycles. The van der Waals surface area contributed by atoms with Crippen molar-refractivity contribution in [2.24, 2.45) is 0 Å². The molecule has 5 rings (SSSR count). The fraction of sp³-hybridized carbons (Fsp3) is 0.273. The summed E-state index contributed by atoms with van der Waals surface area (Å²) in [7, 11) is 0. The minimum atomic E-state index is -0.751. The maximum Gasteiger partial charge on any atom is 0.178 e. The van der Waals surface area contributed by atoms with Crippen LogP contribution in [0.1, 0.15) is 56.2 Å². The molecule has 36 heavy (non-hydrogen) atoms. The van der Waals surface area contributed by atoms with E-state index < -0.39 is 5.60 Å². The summed E-state index contributed by atoms with van der Waals surface area (Å²) in [6, 6.07) is 29.3. The molecule has 3 nitrogen and oxygen atoms in total. The Morgan fingerprint density at radius 2 is 1.25 bits per heavy atom. The molecule has 0 spiro atoms. The molecule has 0 radical (unpaired) electrons. The number of hydrogen-bond donors (Lipinski definition) is 0. The molecule has 1 aliphatic heterocycles. The van der Waals surface area contributed by atoms with Gasteiger partial charge < -0.3 is 14.2 Å². The Balaban J connectivity index is 1.53. The Kier molecular flexibility index (Phi) is 7.27. The third-order valence-corrected chi connectivity index (χ3v) is 6.79. The van der Waals surface area contributed by atoms with E-state index in [1.54, 1.807) is 0 Å². The second-order valence-electron chi connectivity index (χ2n) is 9.32. The van der Waals surface area contributed by atoms with Crippen molar-refractivity contribution < 1.29 is 14.2 Å². The van der Waals surface area contributed by atoms with Crippen molar-refractivity contribution in [2.75, 3.05) is 13.2 Å². The zero-order chi connectivity index (χ0) is 24.8. The van der Waals surface area contributed by atoms with Gasteiger partial charge in [0.1, 0.15) is 17.2 Å². The van der Waals surface area contributed by atoms with Gasteiger partial charge in [-0.25, -0.2) is 0 Å². The van der Waals surface area contributed by atoms with Gasteiger partial charge in [-0.2, -0.15) is 0 Å². The van der Waals surface area contributed by atoms with Gasteiger partial charge in [0, 0.05) is 16.7 Å². The minimum absolute atomic E-state index is 0.733. The first kappa shape index (κ1) is 24.0. The van der Waals surface area contributed by atoms with E-state index in [2.05, 4.69) is 86.7 Å². The van der Waals surface area contributed by atoms with Crippen LogP contribution in [-0.4, -0.2) is 13.2 Å². The average Bonchev–Trinajstić information content (AvgIpc) is 2.93. The average molecular weight is 479 g/mol. The molecule has 0 aromatic heterocycles. The summed E-state index contributed by atoms with van der Waals surface area (Å²) in [5.41, 5.74) is 2.47. The van der Waals surface area contributed by atoms with Crippen LogP contribution in [0.15, 0.2) is 91.0 Å². The lowest BCUT2D eigenvalue weighted by Gasteiger charge is -2.36. The Hall–Kier alpha value is -3.72. The lowest BCUT2D eigenvalue weighted by Crippen LogP contribution is -2.34. The van der Waals surface area contributed by atoms with Gasteiger partial charge in [-0.15, -0.1) is 0 Å². The van der Waals surface area contributed by atoms with Gasteiger partial charge in [0.15, 0.2) is 5.60 Å². The van der Waals surface area contributed by atoms with Crippen LogP contribution in [0.2, 0.25) is 0 Å². The summed E-state index contributed by atoms with van der Waals surface area (Å²) in [6.45, 7) is 5.81. The number of fused-ring (bicyclic) bond motifs is 3. The first-order valence-electron chi connectivity index (χ1n) is 13.1. The van der Waals surface area contributed by atoms with Gasteiger partial charge >= 0.3 is 0 Å². The second-order valence-corrected chi connectivity index (χ2v) is 9.32. The molecular weight excluding hydrogens is 444 g/mol. The van der Waals surface area contributed by atoms with Gasteiger partial charge in [-0.3, -0.25) is 0 Å². The second kappa shape index (κ2) is 10.9. The number of benzene rings is 4. The zero-order valence-corrected chi connectivity index (χ0v) is 21.2. The first-order valence-corrected chi connectivity index (χ1v) is 13.1. The van der Waals surface area contributed by atoms with Crippen LogP contribution < -0.4 is 14.2 Å². The van der Waals surface area contributed by atoms with E-state index in [1.807, 2.05) is 24.3 Å². The fourth-order valence-corrected chi connectivity index (χ4v) is 4.69. The molecule has 0 fully saturated rings. The highest BCUT2D eigenvalue weighted by molar-refractivity contribution is 5.94. The molecule has 0 N–H and O–H groups in total. The number of rotatable bonds is 10. The lowest BCUT2D eigenvalue weighted by molar-refractivity contribution is 0.161. The van der Waals surface area contributed by atoms with Crippen LogP contribution in [-0.2, 0) is 5.60 Å². The summed E-state index contributed by atoms with van der Waals surface area (Å²) in [6.07, 6.45) is 8.72. The van der Waals surface area contributed by atoms with Crippen molar-refractivity contribution >= 4 is 16.8 Å². The van der Waals surface area contributed by atoms with E-state index in [9.17, 15) is 0 Å². The first-order chi connectivity index (χ1) is 17.7. The summed E-state index contributed by atoms with van der Waals surface area (Å²) < 4.78 is 18.7. The molecule has 0 unspecified atom stereocenters. The maximum atomic E-state index is 6.91. The topological polar surface area (TPSA) is 27.7 Å². The van der Waals surface area contributed by atoms with Gasteiger partial charge in [-0.1, -0.05) is 81.3 Å². The highest BCUT2D eigenvalue weighted by Crippen LogP contribution is 2.44. The molecule has 184 valence electrons. The van der Waals surface area contributed by atoms with E-state index >= 15 is 0 Å². The van der Waals surface area contributed by atoms with E-state index in [1.165, 1.54) is 10.8 Å². The fourth-order valence-electron chi connectivity index (χ4n) is 4.69. The number of hydrogen-bond acceptors (Lipinski definition) is 3. The molecule has 4 aromatic carbocycles. The molecule has 4 aromatic rings. The number of unbranched alkanes of at least 4 members (excludes halogenated alkanes) is 2. The van der Waals surface area contributed by atoms with Crippen LogP contribution in [0, 0.1) is 0 Å². The Morgan fingerprint density at radius 1 is 0.667 bits per heavy atom. The molecular formula is C33H34O3. The van der Waals surface area contributed by atoms with E-state index in [0.717, 1.165) is 72.8 Å². The smallest absolute Gasteiger partial charge is 0.178 e. The predicted molar refractivity (Wildman–Crippen MR) is 148 cm³/mol. The van der Waals surface area contributed by atoms with Crippen molar-refractivity contribution in [3.05, 3.63) is 108 Å². The van der Waals surface area contributed by atoms with Gasteiger partial charge in [0.05, 0.1) is 13.2 Å². The number of ether oxygens (including phenoxy) is 3. The lowest BCUT2D eigenvalue weighted by atomic mass is 9.83. The van der Waals surface area contributed by atoms with Crippen molar-refractivity contribution in [1.82, 2.24) is 0 Å². The third kappa shape index (κ3) is 4.83. The highest BCUT2D eigenvalue weighted by Gasteiger charge is 2.37. The van der Waals surface area contributed by atoms with E-state index in [4.69, 9.17) is 14.2 Å². The van der Waals surface area contributed by atoms with Crippen molar-refractivity contribution in [1.29, 1.82) is 0 Å². The van der Waals surface area contributed by atoms with Crippen LogP contribution >= 0.6 is 0 Å². The normalized spacial score (nSPS) is 13.7. The van der Waals surface area contributed by atoms with Crippen molar-refractivity contribution in [3.8, 4) is 17.2 Å². The highest BCUT2D eigenvalue weighted by atomic mass is 16.5. The third-order valence-electron chi connectivity index (χ3n) is 6.79. The molecule has 0 amide bonds. The Morgan fingerprint density at radius 3 is 1.83 bits per heavy atom. The Labute approximate surface area is 214 Å². The van der Waals surface area contributed by atoms with E-state index in [0.29, 0.717) is 0 Å². The molecule has 1 aliphatic rings. The van der Waals surface area contributed by atoms with Gasteiger partial charge in [-0.05, 0) is 66.1 Å². The molecule has 3 heteroatoms. The van der Waals surface area contributed by atoms with Crippen molar-refractivity contribution in [2.45, 2.75) is 45.1 Å². The summed E-state index contributed by atoms with van der Waals surface area (Å²) in [4.78, 5) is 0. The van der Waals surface area contributed by atoms with Crippen LogP contribution in [0.3, 0.4) is 0 Å². The summed E-state index contributed by atoms with van der Waals surface area (Å²) in [5, 5.41) is 2.40. The standard InChI is InChI=1S/C33H34O3/c1-3-5-23-34-28-16-12-26(13-17-28)33(27-14-18-29(19-15-27)35-24-6-4-2)22-21-31-30-10-8-7-9-25(30)11-20-32(31)36-33/h7-22H,3-6,23-24H2,1-2H3. The maximum absolute atomic E-state index is 6.91. The Bertz CT molecular complexity index is 1270. The van der Waals surface area contributed by atoms with Gasteiger partial charge in [0.25, 0.3) is 0 Å². The van der Waals surface area contributed by atoms with Crippen LogP contribution in [0.5, 0.6) is 17.2 Å². The van der Waals surface area contributed by atoms with Crippen LogP contribution in [0.4, 0.5) is 0 Å². The van der Waals surface area contributed by atoms with Gasteiger partial charge in [0.2, 0.25) is 0 Å².